The molecule has 0 saturated carbocycles. The van der Waals surface area contributed by atoms with Crippen LogP contribution in [0.15, 0.2) is 85.1 Å². The summed E-state index contributed by atoms with van der Waals surface area (Å²) in [5.74, 6) is -0.463. The number of rotatable bonds is 5. The number of halogens is 3. The van der Waals surface area contributed by atoms with Gasteiger partial charge < -0.3 is 10.4 Å². The van der Waals surface area contributed by atoms with Crippen LogP contribution in [0.25, 0.3) is 10.9 Å². The second kappa shape index (κ2) is 8.70. The highest BCUT2D eigenvalue weighted by molar-refractivity contribution is 5.86. The number of aromatic hydroxyl groups is 1. The molecule has 0 aliphatic heterocycles. The first-order valence-corrected chi connectivity index (χ1v) is 9.90. The topological polar surface area (TPSA) is 62.2 Å². The third-order valence-electron chi connectivity index (χ3n) is 5.17. The molecule has 1 aromatic heterocycles. The predicted octanol–water partition coefficient (Wildman–Crippen LogP) is 5.41. The summed E-state index contributed by atoms with van der Waals surface area (Å²) >= 11 is 0. The van der Waals surface area contributed by atoms with E-state index in [2.05, 4.69) is 10.3 Å². The maximum Gasteiger partial charge on any atom is 0.416 e. The molecule has 0 saturated heterocycles. The fourth-order valence-electron chi connectivity index (χ4n) is 3.58. The number of carbonyl (C=O) groups excluding carboxylic acids is 1. The molecule has 4 aromatic rings. The summed E-state index contributed by atoms with van der Waals surface area (Å²) in [6.07, 6.45) is -2.85. The lowest BCUT2D eigenvalue weighted by atomic mass is 9.95. The van der Waals surface area contributed by atoms with Crippen LogP contribution in [0.4, 0.5) is 13.2 Å². The number of nitrogens with one attached hydrogen (secondary N) is 1. The second-order valence-electron chi connectivity index (χ2n) is 7.36. The Labute approximate surface area is 182 Å². The quantitative estimate of drug-likeness (QED) is 0.440. The summed E-state index contributed by atoms with van der Waals surface area (Å²) in [5.41, 5.74) is 1.10. The number of fused-ring (bicyclic) bond motifs is 1. The fraction of sp³-hybridized carbons (Fsp3) is 0.120. The molecule has 1 unspecified atom stereocenters. The van der Waals surface area contributed by atoms with Gasteiger partial charge >= 0.3 is 6.18 Å². The zero-order chi connectivity index (χ0) is 22.7. The van der Waals surface area contributed by atoms with E-state index in [-0.39, 0.29) is 18.1 Å². The highest BCUT2D eigenvalue weighted by Gasteiger charge is 2.31. The summed E-state index contributed by atoms with van der Waals surface area (Å²) in [4.78, 5) is 17.0. The minimum atomic E-state index is -4.47. The number of alkyl halides is 3. The molecule has 0 fully saturated rings. The second-order valence-corrected chi connectivity index (χ2v) is 7.36. The van der Waals surface area contributed by atoms with Crippen molar-refractivity contribution in [1.29, 1.82) is 0 Å². The largest absolute Gasteiger partial charge is 0.505 e. The molecule has 3 aromatic carbocycles. The third kappa shape index (κ3) is 4.56. The molecule has 1 amide bonds. The molecular formula is C25H19F3N2O2. The zero-order valence-electron chi connectivity index (χ0n) is 16.8. The Morgan fingerprint density at radius 3 is 2.34 bits per heavy atom. The van der Waals surface area contributed by atoms with Gasteiger partial charge in [0.1, 0.15) is 11.3 Å². The van der Waals surface area contributed by atoms with E-state index in [1.165, 1.54) is 18.3 Å². The van der Waals surface area contributed by atoms with E-state index in [4.69, 9.17) is 0 Å². The number of nitrogens with zero attached hydrogens (tertiary/aromatic N) is 1. The number of hydrogen-bond donors (Lipinski definition) is 2. The summed E-state index contributed by atoms with van der Waals surface area (Å²) in [6.45, 7) is 0. The molecule has 7 heteroatoms. The normalized spacial score (nSPS) is 12.5. The van der Waals surface area contributed by atoms with Crippen molar-refractivity contribution in [2.45, 2.75) is 18.6 Å². The van der Waals surface area contributed by atoms with Gasteiger partial charge in [0.2, 0.25) is 5.91 Å². The van der Waals surface area contributed by atoms with E-state index in [1.54, 1.807) is 24.3 Å². The van der Waals surface area contributed by atoms with Gasteiger partial charge in [-0.1, -0.05) is 60.7 Å². The number of benzene rings is 3. The van der Waals surface area contributed by atoms with Crippen molar-refractivity contribution in [2.24, 2.45) is 0 Å². The van der Waals surface area contributed by atoms with E-state index in [1.807, 2.05) is 30.3 Å². The molecule has 1 heterocycles. The molecule has 0 radical (unpaired) electrons. The Balaban J connectivity index is 1.73. The van der Waals surface area contributed by atoms with E-state index in [9.17, 15) is 23.1 Å². The first-order chi connectivity index (χ1) is 15.3. The van der Waals surface area contributed by atoms with Gasteiger partial charge in [0.25, 0.3) is 0 Å². The summed E-state index contributed by atoms with van der Waals surface area (Å²) in [7, 11) is 0. The van der Waals surface area contributed by atoms with Gasteiger partial charge in [-0.3, -0.25) is 9.78 Å². The molecule has 2 N–H and O–H groups in total. The SMILES string of the molecule is O=C(Cc1ccccc1)NC(c1ccc(C(F)(F)F)cc1)c1ccc2cccnc2c1O. The minimum Gasteiger partial charge on any atom is -0.505 e. The lowest BCUT2D eigenvalue weighted by Crippen LogP contribution is -2.30. The average molecular weight is 436 g/mol. The van der Waals surface area contributed by atoms with Gasteiger partial charge in [0.05, 0.1) is 18.0 Å². The Morgan fingerprint density at radius 2 is 1.66 bits per heavy atom. The Bertz CT molecular complexity index is 1240. The molecule has 4 rings (SSSR count). The molecule has 0 bridgehead atoms. The minimum absolute atomic E-state index is 0.0879. The number of amides is 1. The molecule has 32 heavy (non-hydrogen) atoms. The van der Waals surface area contributed by atoms with Crippen LogP contribution in [0, 0.1) is 0 Å². The Kier molecular flexibility index (Phi) is 5.81. The van der Waals surface area contributed by atoms with Crippen molar-refractivity contribution in [2.75, 3.05) is 0 Å². The van der Waals surface area contributed by atoms with Crippen LogP contribution in [0.2, 0.25) is 0 Å². The number of phenolic OH excluding ortho intramolecular Hbond substituents is 1. The summed E-state index contributed by atoms with van der Waals surface area (Å²) in [5, 5.41) is 14.4. The van der Waals surface area contributed by atoms with Gasteiger partial charge in [-0.25, -0.2) is 0 Å². The smallest absolute Gasteiger partial charge is 0.416 e. The van der Waals surface area contributed by atoms with Crippen molar-refractivity contribution in [1.82, 2.24) is 10.3 Å². The van der Waals surface area contributed by atoms with Crippen molar-refractivity contribution in [3.05, 3.63) is 107 Å². The van der Waals surface area contributed by atoms with Crippen LogP contribution in [0.1, 0.15) is 28.3 Å². The Morgan fingerprint density at radius 1 is 0.938 bits per heavy atom. The Hall–Kier alpha value is -3.87. The molecule has 162 valence electrons. The van der Waals surface area contributed by atoms with E-state index in [0.29, 0.717) is 22.0 Å². The molecule has 4 nitrogen and oxygen atoms in total. The molecule has 0 spiro atoms. The van der Waals surface area contributed by atoms with Crippen molar-refractivity contribution < 1.29 is 23.1 Å². The lowest BCUT2D eigenvalue weighted by Gasteiger charge is -2.22. The number of pyridine rings is 1. The van der Waals surface area contributed by atoms with Gasteiger partial charge in [-0.2, -0.15) is 13.2 Å². The number of carbonyl (C=O) groups is 1. The van der Waals surface area contributed by atoms with Gasteiger partial charge in [0.15, 0.2) is 0 Å². The maximum absolute atomic E-state index is 13.0. The highest BCUT2D eigenvalue weighted by atomic mass is 19.4. The number of aromatic nitrogens is 1. The van der Waals surface area contributed by atoms with Crippen molar-refractivity contribution in [3.63, 3.8) is 0 Å². The monoisotopic (exact) mass is 436 g/mol. The van der Waals surface area contributed by atoms with E-state index < -0.39 is 17.8 Å². The van der Waals surface area contributed by atoms with Gasteiger partial charge in [-0.15, -0.1) is 0 Å². The van der Waals surface area contributed by atoms with Crippen LogP contribution in [0.5, 0.6) is 5.75 Å². The maximum atomic E-state index is 13.0. The lowest BCUT2D eigenvalue weighted by molar-refractivity contribution is -0.137. The first-order valence-electron chi connectivity index (χ1n) is 9.90. The molecule has 0 aliphatic rings. The zero-order valence-corrected chi connectivity index (χ0v) is 16.8. The van der Waals surface area contributed by atoms with E-state index >= 15 is 0 Å². The summed E-state index contributed by atoms with van der Waals surface area (Å²) < 4.78 is 39.0. The highest BCUT2D eigenvalue weighted by Crippen LogP contribution is 2.36. The first kappa shape index (κ1) is 21.4. The molecular weight excluding hydrogens is 417 g/mol. The predicted molar refractivity (Wildman–Crippen MR) is 115 cm³/mol. The van der Waals surface area contributed by atoms with E-state index in [0.717, 1.165) is 17.7 Å². The van der Waals surface area contributed by atoms with Crippen LogP contribution < -0.4 is 5.32 Å². The number of phenols is 1. The van der Waals surface area contributed by atoms with Crippen molar-refractivity contribution in [3.8, 4) is 5.75 Å². The van der Waals surface area contributed by atoms with Gasteiger partial charge in [-0.05, 0) is 29.3 Å². The average Bonchev–Trinajstić information content (AvgIpc) is 2.78. The number of hydrogen-bond acceptors (Lipinski definition) is 3. The molecule has 0 aliphatic carbocycles. The summed E-state index contributed by atoms with van der Waals surface area (Å²) in [6, 6.07) is 19.7. The van der Waals surface area contributed by atoms with Crippen LogP contribution in [-0.4, -0.2) is 16.0 Å². The standard InChI is InChI=1S/C25H19F3N2O2/c26-25(27,28)19-11-8-18(9-12-19)22(30-21(31)15-16-5-2-1-3-6-16)20-13-10-17-7-4-14-29-23(17)24(20)32/h1-14,22,32H,15H2,(H,30,31). The van der Waals surface area contributed by atoms with Crippen LogP contribution in [0.3, 0.4) is 0 Å². The van der Waals surface area contributed by atoms with Crippen LogP contribution in [-0.2, 0) is 17.4 Å². The molecule has 1 atom stereocenters. The fourth-order valence-corrected chi connectivity index (χ4v) is 3.58. The van der Waals surface area contributed by atoms with Crippen molar-refractivity contribution >= 4 is 16.8 Å². The third-order valence-corrected chi connectivity index (χ3v) is 5.17. The van der Waals surface area contributed by atoms with Gasteiger partial charge in [0, 0.05) is 17.1 Å². The van der Waals surface area contributed by atoms with Crippen LogP contribution >= 0.6 is 0 Å².